The Hall–Kier alpha value is -0.840. The number of anilines is 1. The van der Waals surface area contributed by atoms with Crippen LogP contribution >= 0.6 is 15.9 Å². The Morgan fingerprint density at radius 1 is 1.33 bits per heavy atom. The van der Waals surface area contributed by atoms with E-state index in [0.717, 1.165) is 25.3 Å². The van der Waals surface area contributed by atoms with Crippen LogP contribution in [0.1, 0.15) is 29.8 Å². The summed E-state index contributed by atoms with van der Waals surface area (Å²) in [6, 6.07) is 0. The monoisotopic (exact) mass is 271 g/mol. The van der Waals surface area contributed by atoms with Gasteiger partial charge >= 0.3 is 0 Å². The Labute approximate surface area is 97.4 Å². The van der Waals surface area contributed by atoms with Crippen LogP contribution in [0.25, 0.3) is 0 Å². The van der Waals surface area contributed by atoms with Crippen molar-refractivity contribution in [2.45, 2.75) is 19.3 Å². The molecule has 0 aliphatic carbocycles. The van der Waals surface area contributed by atoms with Gasteiger partial charge < -0.3 is 9.47 Å². The number of imidazole rings is 1. The molecule has 0 unspecified atom stereocenters. The summed E-state index contributed by atoms with van der Waals surface area (Å²) in [5, 5.41) is 0. The van der Waals surface area contributed by atoms with E-state index in [1.54, 1.807) is 0 Å². The van der Waals surface area contributed by atoms with Crippen LogP contribution in [0.15, 0.2) is 4.60 Å². The Morgan fingerprint density at radius 3 is 2.53 bits per heavy atom. The number of rotatable bonds is 2. The minimum absolute atomic E-state index is 0.607. The highest BCUT2D eigenvalue weighted by Gasteiger charge is 2.19. The summed E-state index contributed by atoms with van der Waals surface area (Å²) in [6.07, 6.45) is 4.55. The van der Waals surface area contributed by atoms with Crippen molar-refractivity contribution in [3.63, 3.8) is 0 Å². The summed E-state index contributed by atoms with van der Waals surface area (Å²) in [4.78, 5) is 17.5. The lowest BCUT2D eigenvalue weighted by atomic mass is 10.1. The van der Waals surface area contributed by atoms with E-state index in [-0.39, 0.29) is 0 Å². The zero-order valence-corrected chi connectivity index (χ0v) is 10.3. The fourth-order valence-electron chi connectivity index (χ4n) is 1.97. The van der Waals surface area contributed by atoms with Crippen molar-refractivity contribution in [2.75, 3.05) is 18.0 Å². The number of nitrogens with zero attached hydrogens (tertiary/aromatic N) is 3. The van der Waals surface area contributed by atoms with Gasteiger partial charge in [-0.3, -0.25) is 4.79 Å². The number of carbonyl (C=O) groups excluding carboxylic acids is 1. The third-order valence-corrected chi connectivity index (χ3v) is 3.40. The zero-order valence-electron chi connectivity index (χ0n) is 8.74. The van der Waals surface area contributed by atoms with Crippen LogP contribution in [0, 0.1) is 0 Å². The SMILES string of the molecule is Cn1c(N2CCCCC2)nc(Br)c1C=O. The summed E-state index contributed by atoms with van der Waals surface area (Å²) in [6.45, 7) is 2.07. The minimum Gasteiger partial charge on any atom is -0.342 e. The van der Waals surface area contributed by atoms with Gasteiger partial charge in [-0.1, -0.05) is 0 Å². The van der Waals surface area contributed by atoms with Crippen molar-refractivity contribution in [3.05, 3.63) is 10.3 Å². The lowest BCUT2D eigenvalue weighted by Gasteiger charge is -2.27. The Balaban J connectivity index is 2.31. The van der Waals surface area contributed by atoms with Crippen LogP contribution in [-0.4, -0.2) is 28.9 Å². The van der Waals surface area contributed by atoms with Crippen LogP contribution in [0.2, 0.25) is 0 Å². The molecule has 0 radical (unpaired) electrons. The number of aromatic nitrogens is 2. The molecule has 1 aromatic heterocycles. The first-order valence-electron chi connectivity index (χ1n) is 5.16. The van der Waals surface area contributed by atoms with Crippen LogP contribution in [0.4, 0.5) is 5.95 Å². The molecule has 15 heavy (non-hydrogen) atoms. The highest BCUT2D eigenvalue weighted by Crippen LogP contribution is 2.23. The van der Waals surface area contributed by atoms with E-state index >= 15 is 0 Å². The van der Waals surface area contributed by atoms with Gasteiger partial charge in [-0.05, 0) is 35.2 Å². The molecule has 1 saturated heterocycles. The molecule has 1 aromatic rings. The Kier molecular flexibility index (Phi) is 3.09. The molecule has 82 valence electrons. The minimum atomic E-state index is 0.607. The standard InChI is InChI=1S/C10H14BrN3O/c1-13-8(7-15)9(11)12-10(13)14-5-3-2-4-6-14/h7H,2-6H2,1H3. The quantitative estimate of drug-likeness (QED) is 0.773. The van der Waals surface area contributed by atoms with E-state index in [1.165, 1.54) is 19.3 Å². The van der Waals surface area contributed by atoms with Gasteiger partial charge in [0.05, 0.1) is 0 Å². The first-order valence-corrected chi connectivity index (χ1v) is 5.95. The molecule has 0 bridgehead atoms. The normalized spacial score (nSPS) is 16.8. The van der Waals surface area contributed by atoms with Gasteiger partial charge in [0.1, 0.15) is 10.3 Å². The van der Waals surface area contributed by atoms with Gasteiger partial charge in [0.2, 0.25) is 5.95 Å². The molecular formula is C10H14BrN3O. The summed E-state index contributed by atoms with van der Waals surface area (Å²) >= 11 is 3.30. The maximum atomic E-state index is 10.8. The van der Waals surface area contributed by atoms with Crippen LogP contribution in [0.5, 0.6) is 0 Å². The van der Waals surface area contributed by atoms with Gasteiger partial charge in [0, 0.05) is 20.1 Å². The van der Waals surface area contributed by atoms with Crippen molar-refractivity contribution < 1.29 is 4.79 Å². The van der Waals surface area contributed by atoms with Crippen LogP contribution in [-0.2, 0) is 7.05 Å². The fraction of sp³-hybridized carbons (Fsp3) is 0.600. The van der Waals surface area contributed by atoms with Crippen molar-refractivity contribution in [3.8, 4) is 0 Å². The van der Waals surface area contributed by atoms with Gasteiger partial charge in [-0.25, -0.2) is 4.98 Å². The Morgan fingerprint density at radius 2 is 2.00 bits per heavy atom. The third-order valence-electron chi connectivity index (χ3n) is 2.82. The molecule has 0 saturated carbocycles. The number of halogens is 1. The second-order valence-electron chi connectivity index (χ2n) is 3.81. The van der Waals surface area contributed by atoms with Crippen molar-refractivity contribution in [1.29, 1.82) is 0 Å². The van der Waals surface area contributed by atoms with Crippen molar-refractivity contribution in [1.82, 2.24) is 9.55 Å². The van der Waals surface area contributed by atoms with Crippen molar-refractivity contribution >= 4 is 28.2 Å². The summed E-state index contributed by atoms with van der Waals surface area (Å²) < 4.78 is 2.49. The zero-order chi connectivity index (χ0) is 10.8. The molecule has 1 aliphatic rings. The molecule has 2 rings (SSSR count). The molecule has 1 aliphatic heterocycles. The average Bonchev–Trinajstić information content (AvgIpc) is 2.55. The number of piperidine rings is 1. The lowest BCUT2D eigenvalue weighted by Crippen LogP contribution is -2.31. The highest BCUT2D eigenvalue weighted by molar-refractivity contribution is 9.10. The molecule has 5 heteroatoms. The first-order chi connectivity index (χ1) is 7.24. The predicted octanol–water partition coefficient (Wildman–Crippen LogP) is 1.99. The second-order valence-corrected chi connectivity index (χ2v) is 4.56. The molecule has 2 heterocycles. The number of hydrogen-bond donors (Lipinski definition) is 0. The maximum absolute atomic E-state index is 10.8. The van der Waals surface area contributed by atoms with Gasteiger partial charge in [-0.15, -0.1) is 0 Å². The molecule has 1 fully saturated rings. The van der Waals surface area contributed by atoms with E-state index in [9.17, 15) is 4.79 Å². The molecule has 0 amide bonds. The van der Waals surface area contributed by atoms with E-state index in [2.05, 4.69) is 25.8 Å². The summed E-state index contributed by atoms with van der Waals surface area (Å²) in [7, 11) is 1.88. The topological polar surface area (TPSA) is 38.1 Å². The number of carbonyl (C=O) groups is 1. The van der Waals surface area contributed by atoms with Gasteiger partial charge in [0.15, 0.2) is 6.29 Å². The van der Waals surface area contributed by atoms with E-state index in [4.69, 9.17) is 0 Å². The number of hydrogen-bond acceptors (Lipinski definition) is 3. The van der Waals surface area contributed by atoms with Crippen LogP contribution in [0.3, 0.4) is 0 Å². The number of aldehydes is 1. The highest BCUT2D eigenvalue weighted by atomic mass is 79.9. The molecule has 4 nitrogen and oxygen atoms in total. The van der Waals surface area contributed by atoms with Gasteiger partial charge in [-0.2, -0.15) is 0 Å². The molecular weight excluding hydrogens is 258 g/mol. The largest absolute Gasteiger partial charge is 0.342 e. The van der Waals surface area contributed by atoms with Crippen molar-refractivity contribution in [2.24, 2.45) is 7.05 Å². The molecule has 0 aromatic carbocycles. The smallest absolute Gasteiger partial charge is 0.206 e. The first kappa shape index (κ1) is 10.7. The van der Waals surface area contributed by atoms with Crippen LogP contribution < -0.4 is 4.90 Å². The molecule has 0 N–H and O–H groups in total. The van der Waals surface area contributed by atoms with E-state index < -0.39 is 0 Å². The van der Waals surface area contributed by atoms with Gasteiger partial charge in [0.25, 0.3) is 0 Å². The second kappa shape index (κ2) is 4.35. The molecule has 0 atom stereocenters. The maximum Gasteiger partial charge on any atom is 0.206 e. The van der Waals surface area contributed by atoms with E-state index in [1.807, 2.05) is 11.6 Å². The average molecular weight is 272 g/mol. The summed E-state index contributed by atoms with van der Waals surface area (Å²) in [5.41, 5.74) is 0.607. The van der Waals surface area contributed by atoms with E-state index in [0.29, 0.717) is 10.3 Å². The Bertz CT molecular complexity index is 369. The summed E-state index contributed by atoms with van der Waals surface area (Å²) in [5.74, 6) is 0.892. The third kappa shape index (κ3) is 1.93. The predicted molar refractivity (Wildman–Crippen MR) is 62.4 cm³/mol. The lowest BCUT2D eigenvalue weighted by molar-refractivity contribution is 0.111. The molecule has 0 spiro atoms. The fourth-order valence-corrected chi connectivity index (χ4v) is 2.49.